The zero-order chi connectivity index (χ0) is 14.6. The minimum Gasteiger partial charge on any atom is -0.458 e. The fraction of sp³-hybridized carbons (Fsp3) is 0.214. The third-order valence-electron chi connectivity index (χ3n) is 2.61. The van der Waals surface area contributed by atoms with E-state index in [1.165, 1.54) is 6.92 Å². The van der Waals surface area contributed by atoms with E-state index in [4.69, 9.17) is 4.74 Å². The predicted molar refractivity (Wildman–Crippen MR) is 72.0 cm³/mol. The molecule has 1 atom stereocenters. The van der Waals surface area contributed by atoms with E-state index in [1.807, 2.05) is 0 Å². The minimum atomic E-state index is -0.593. The summed E-state index contributed by atoms with van der Waals surface area (Å²) in [7, 11) is 0. The Bertz CT molecular complexity index is 633. The molecule has 0 aliphatic carbocycles. The van der Waals surface area contributed by atoms with Gasteiger partial charge in [-0.05, 0) is 12.1 Å². The van der Waals surface area contributed by atoms with Crippen LogP contribution >= 0.6 is 0 Å². The molecule has 1 rings (SSSR count). The molecule has 0 amide bonds. The summed E-state index contributed by atoms with van der Waals surface area (Å²) >= 11 is 0. The van der Waals surface area contributed by atoms with E-state index in [2.05, 4.69) is 13.2 Å². The highest BCUT2D eigenvalue weighted by Gasteiger charge is 2.16. The quantitative estimate of drug-likeness (QED) is 0.465. The highest BCUT2D eigenvalue weighted by molar-refractivity contribution is 5.66. The molecule has 0 aromatic heterocycles. The van der Waals surface area contributed by atoms with Gasteiger partial charge in [0.25, 0.3) is 5.70 Å². The van der Waals surface area contributed by atoms with E-state index in [-0.39, 0.29) is 5.70 Å². The van der Waals surface area contributed by atoms with Crippen molar-refractivity contribution >= 4 is 18.2 Å². The SMILES string of the molecule is C=C/C(=c1/c(C(C)OC(C)=O)cccc1=C)[N+](=O)[O-]. The van der Waals surface area contributed by atoms with Gasteiger partial charge in [-0.2, -0.15) is 0 Å². The van der Waals surface area contributed by atoms with Crippen LogP contribution in [0.4, 0.5) is 0 Å². The number of carbonyl (C=O) groups excluding carboxylic acids is 1. The normalized spacial score (nSPS) is 13.4. The van der Waals surface area contributed by atoms with Crippen LogP contribution in [0.2, 0.25) is 0 Å². The van der Waals surface area contributed by atoms with Crippen molar-refractivity contribution in [2.24, 2.45) is 0 Å². The van der Waals surface area contributed by atoms with Crippen molar-refractivity contribution < 1.29 is 14.5 Å². The van der Waals surface area contributed by atoms with Crippen molar-refractivity contribution in [1.29, 1.82) is 0 Å². The first kappa shape index (κ1) is 14.6. The summed E-state index contributed by atoms with van der Waals surface area (Å²) in [6.07, 6.45) is 0.567. The summed E-state index contributed by atoms with van der Waals surface area (Å²) in [6.45, 7) is 10.2. The van der Waals surface area contributed by atoms with Crippen molar-refractivity contribution in [2.75, 3.05) is 0 Å². The van der Waals surface area contributed by atoms with Gasteiger partial charge in [-0.3, -0.25) is 14.9 Å². The number of benzene rings is 1. The van der Waals surface area contributed by atoms with E-state index in [9.17, 15) is 14.9 Å². The number of hydrogen-bond donors (Lipinski definition) is 0. The van der Waals surface area contributed by atoms with Crippen LogP contribution in [0, 0.1) is 10.1 Å². The third-order valence-corrected chi connectivity index (χ3v) is 2.61. The topological polar surface area (TPSA) is 69.4 Å². The highest BCUT2D eigenvalue weighted by Crippen LogP contribution is 2.12. The predicted octanol–water partition coefficient (Wildman–Crippen LogP) is 1.29. The molecule has 0 heterocycles. The first-order valence-corrected chi connectivity index (χ1v) is 5.64. The molecule has 0 spiro atoms. The van der Waals surface area contributed by atoms with Gasteiger partial charge >= 0.3 is 5.97 Å². The number of rotatable bonds is 4. The number of ether oxygens (including phenoxy) is 1. The van der Waals surface area contributed by atoms with Gasteiger partial charge in [-0.25, -0.2) is 0 Å². The van der Waals surface area contributed by atoms with Gasteiger partial charge in [0.2, 0.25) is 0 Å². The zero-order valence-electron chi connectivity index (χ0n) is 10.9. The molecule has 5 nitrogen and oxygen atoms in total. The molecule has 0 saturated carbocycles. The van der Waals surface area contributed by atoms with Gasteiger partial charge in [0, 0.05) is 18.6 Å². The van der Waals surface area contributed by atoms with Crippen LogP contribution in [0.5, 0.6) is 0 Å². The third kappa shape index (κ3) is 3.28. The van der Waals surface area contributed by atoms with Crippen LogP contribution in [0.1, 0.15) is 25.5 Å². The average Bonchev–Trinajstić information content (AvgIpc) is 2.30. The Morgan fingerprint density at radius 3 is 2.63 bits per heavy atom. The van der Waals surface area contributed by atoms with Crippen molar-refractivity contribution in [3.05, 3.63) is 57.0 Å². The Balaban J connectivity index is 3.64. The van der Waals surface area contributed by atoms with Gasteiger partial charge in [-0.15, -0.1) is 0 Å². The molecule has 0 N–H and O–H groups in total. The summed E-state index contributed by atoms with van der Waals surface area (Å²) in [4.78, 5) is 21.5. The molecule has 100 valence electrons. The van der Waals surface area contributed by atoms with Gasteiger partial charge in [0.1, 0.15) is 6.10 Å². The van der Waals surface area contributed by atoms with Gasteiger partial charge in [-0.1, -0.05) is 31.4 Å². The minimum absolute atomic E-state index is 0.153. The first-order valence-electron chi connectivity index (χ1n) is 5.64. The summed E-state index contributed by atoms with van der Waals surface area (Å²) < 4.78 is 5.07. The average molecular weight is 261 g/mol. The Kier molecular flexibility index (Phi) is 4.58. The van der Waals surface area contributed by atoms with Crippen molar-refractivity contribution in [3.63, 3.8) is 0 Å². The zero-order valence-corrected chi connectivity index (χ0v) is 10.9. The van der Waals surface area contributed by atoms with Gasteiger partial charge in [0.05, 0.1) is 10.1 Å². The molecule has 0 aliphatic rings. The fourth-order valence-electron chi connectivity index (χ4n) is 1.85. The lowest BCUT2D eigenvalue weighted by Gasteiger charge is -2.13. The van der Waals surface area contributed by atoms with E-state index >= 15 is 0 Å². The number of hydrogen-bond acceptors (Lipinski definition) is 4. The van der Waals surface area contributed by atoms with Crippen LogP contribution in [0.3, 0.4) is 0 Å². The number of nitrogens with zero attached hydrogens (tertiary/aromatic N) is 1. The fourth-order valence-corrected chi connectivity index (χ4v) is 1.85. The van der Waals surface area contributed by atoms with Crippen molar-refractivity contribution in [2.45, 2.75) is 20.0 Å². The Morgan fingerprint density at radius 2 is 2.16 bits per heavy atom. The molecule has 1 unspecified atom stereocenters. The molecule has 19 heavy (non-hydrogen) atoms. The Morgan fingerprint density at radius 1 is 1.53 bits per heavy atom. The highest BCUT2D eigenvalue weighted by atomic mass is 16.6. The second-order valence-corrected chi connectivity index (χ2v) is 3.98. The van der Waals surface area contributed by atoms with Gasteiger partial charge in [0.15, 0.2) is 0 Å². The summed E-state index contributed by atoms with van der Waals surface area (Å²) in [5.74, 6) is -0.450. The first-order chi connectivity index (χ1) is 8.88. The summed E-state index contributed by atoms with van der Waals surface area (Å²) in [5, 5.41) is 11.9. The maximum atomic E-state index is 11.0. The molecular weight excluding hydrogens is 246 g/mol. The Hall–Kier alpha value is -2.43. The van der Waals surface area contributed by atoms with Gasteiger partial charge < -0.3 is 4.74 Å². The lowest BCUT2D eigenvalue weighted by atomic mass is 10.0. The van der Waals surface area contributed by atoms with Crippen molar-refractivity contribution in [1.82, 2.24) is 0 Å². The molecule has 0 saturated heterocycles. The van der Waals surface area contributed by atoms with E-state index in [1.54, 1.807) is 25.1 Å². The standard InChI is InChI=1S/C14H15NO4/c1-5-13(15(17)18)14-9(2)7-6-8-12(14)10(3)19-11(4)16/h5-8,10H,1-2H2,3-4H3/b14-13-. The van der Waals surface area contributed by atoms with Crippen LogP contribution in [0.25, 0.3) is 12.3 Å². The maximum Gasteiger partial charge on any atom is 0.303 e. The second-order valence-electron chi connectivity index (χ2n) is 3.98. The van der Waals surface area contributed by atoms with Crippen LogP contribution < -0.4 is 10.4 Å². The Labute approximate surface area is 110 Å². The molecule has 0 aliphatic heterocycles. The van der Waals surface area contributed by atoms with E-state index < -0.39 is 17.0 Å². The maximum absolute atomic E-state index is 11.0. The van der Waals surface area contributed by atoms with E-state index in [0.29, 0.717) is 16.0 Å². The molecule has 1 aromatic carbocycles. The largest absolute Gasteiger partial charge is 0.458 e. The number of nitro groups is 1. The molecular formula is C14H15NO4. The van der Waals surface area contributed by atoms with Crippen molar-refractivity contribution in [3.8, 4) is 0 Å². The molecule has 0 radical (unpaired) electrons. The molecule has 0 fully saturated rings. The molecule has 1 aromatic rings. The van der Waals surface area contributed by atoms with Crippen LogP contribution in [0.15, 0.2) is 30.9 Å². The lowest BCUT2D eigenvalue weighted by molar-refractivity contribution is -0.375. The number of carbonyl (C=O) groups is 1. The molecule has 5 heteroatoms. The van der Waals surface area contributed by atoms with Crippen LogP contribution in [-0.2, 0) is 9.53 Å². The number of esters is 1. The monoisotopic (exact) mass is 261 g/mol. The lowest BCUT2D eigenvalue weighted by Crippen LogP contribution is -2.33. The molecule has 0 bridgehead atoms. The summed E-state index contributed by atoms with van der Waals surface area (Å²) in [6, 6.07) is 5.04. The smallest absolute Gasteiger partial charge is 0.303 e. The second kappa shape index (κ2) is 5.95. The van der Waals surface area contributed by atoms with E-state index in [0.717, 1.165) is 6.08 Å². The summed E-state index contributed by atoms with van der Waals surface area (Å²) in [5.41, 5.74) is 0.383. The van der Waals surface area contributed by atoms with Crippen LogP contribution in [-0.4, -0.2) is 10.9 Å².